The number of carboxylic acid groups (broad SMARTS) is 1. The van der Waals surface area contributed by atoms with Gasteiger partial charge in [0.25, 0.3) is 0 Å². The second kappa shape index (κ2) is 9.12. The lowest BCUT2D eigenvalue weighted by Gasteiger charge is -2.51. The van der Waals surface area contributed by atoms with Crippen molar-refractivity contribution in [2.75, 3.05) is 26.2 Å². The third kappa shape index (κ3) is 5.78. The molecule has 9 heteroatoms. The van der Waals surface area contributed by atoms with Crippen LogP contribution in [-0.2, 0) is 0 Å². The normalized spacial score (nSPS) is 21.3. The van der Waals surface area contributed by atoms with E-state index in [0.29, 0.717) is 12.2 Å². The van der Waals surface area contributed by atoms with Crippen molar-refractivity contribution >= 4 is 22.0 Å². The van der Waals surface area contributed by atoms with E-state index in [2.05, 4.69) is 15.9 Å². The minimum atomic E-state index is -4.53. The topological polar surface area (TPSA) is 53.0 Å². The quantitative estimate of drug-likeness (QED) is 0.590. The van der Waals surface area contributed by atoms with Gasteiger partial charge in [0.15, 0.2) is 0 Å². The van der Waals surface area contributed by atoms with E-state index in [1.54, 1.807) is 20.8 Å². The highest BCUT2D eigenvalue weighted by molar-refractivity contribution is 9.10. The molecule has 0 spiro atoms. The van der Waals surface area contributed by atoms with Gasteiger partial charge >= 0.3 is 12.3 Å². The fraction of sp³-hybridized carbons (Fsp3) is 0.650. The summed E-state index contributed by atoms with van der Waals surface area (Å²) in [6, 6.07) is 2.53. The molecule has 0 radical (unpaired) electrons. The van der Waals surface area contributed by atoms with Gasteiger partial charge < -0.3 is 14.7 Å². The fourth-order valence-corrected chi connectivity index (χ4v) is 4.22. The summed E-state index contributed by atoms with van der Waals surface area (Å²) in [6.07, 6.45) is -5.44. The van der Waals surface area contributed by atoms with Crippen LogP contribution in [0.15, 0.2) is 22.7 Å². The SMILES string of the molecule is Cc1c(Br)cccc1OCCCN1CCN(C(=O)O)[C@H](C(C)(C)C)C1C(F)(F)F. The number of ether oxygens (including phenoxy) is 1. The second-order valence-electron chi connectivity index (χ2n) is 8.37. The Morgan fingerprint density at radius 1 is 1.24 bits per heavy atom. The zero-order valence-corrected chi connectivity index (χ0v) is 18.7. The van der Waals surface area contributed by atoms with Crippen LogP contribution in [0.4, 0.5) is 18.0 Å². The number of nitrogens with zero attached hydrogens (tertiary/aromatic N) is 2. The summed E-state index contributed by atoms with van der Waals surface area (Å²) in [6.45, 7) is 7.39. The molecule has 1 aromatic carbocycles. The molecular formula is C20H28BrF3N2O3. The average Bonchev–Trinajstić information content (AvgIpc) is 2.59. The molecule has 0 aromatic heterocycles. The molecule has 5 nitrogen and oxygen atoms in total. The number of halogens is 4. The Hall–Kier alpha value is -1.48. The minimum Gasteiger partial charge on any atom is -0.493 e. The Morgan fingerprint density at radius 3 is 2.45 bits per heavy atom. The molecule has 29 heavy (non-hydrogen) atoms. The van der Waals surface area contributed by atoms with Gasteiger partial charge in [-0.15, -0.1) is 0 Å². The third-order valence-electron chi connectivity index (χ3n) is 5.19. The summed E-state index contributed by atoms with van der Waals surface area (Å²) in [5.41, 5.74) is 0.0739. The van der Waals surface area contributed by atoms with Gasteiger partial charge in [-0.3, -0.25) is 4.90 Å². The molecule has 1 fully saturated rings. The smallest absolute Gasteiger partial charge is 0.407 e. The number of piperazine rings is 1. The van der Waals surface area contributed by atoms with E-state index in [1.165, 1.54) is 4.90 Å². The van der Waals surface area contributed by atoms with Crippen LogP contribution >= 0.6 is 15.9 Å². The van der Waals surface area contributed by atoms with Crippen molar-refractivity contribution in [2.24, 2.45) is 5.41 Å². The largest absolute Gasteiger partial charge is 0.493 e. The molecule has 1 aliphatic rings. The van der Waals surface area contributed by atoms with Crippen LogP contribution in [-0.4, -0.2) is 65.5 Å². The molecule has 1 amide bonds. The highest BCUT2D eigenvalue weighted by Crippen LogP contribution is 2.40. The average molecular weight is 481 g/mol. The Balaban J connectivity index is 2.10. The minimum absolute atomic E-state index is 0.0406. The number of amides is 1. The maximum absolute atomic E-state index is 14.0. The fourth-order valence-electron chi connectivity index (χ4n) is 3.87. The number of hydrogen-bond donors (Lipinski definition) is 1. The molecule has 1 unspecified atom stereocenters. The lowest BCUT2D eigenvalue weighted by molar-refractivity contribution is -0.219. The first-order valence-electron chi connectivity index (χ1n) is 9.52. The standard InChI is InChI=1S/C20H28BrF3N2O3/c1-13-14(21)7-5-8-15(13)29-12-6-9-25-10-11-26(18(27)28)16(19(2,3)4)17(25)20(22,23)24/h5,7-8,16-17H,6,9-12H2,1-4H3,(H,27,28)/t16-,17?/m0/s1. The number of rotatable bonds is 5. The zero-order chi connectivity index (χ0) is 22.0. The summed E-state index contributed by atoms with van der Waals surface area (Å²) >= 11 is 3.42. The first-order chi connectivity index (χ1) is 13.3. The van der Waals surface area contributed by atoms with Gasteiger partial charge in [-0.25, -0.2) is 4.79 Å². The predicted octanol–water partition coefficient (Wildman–Crippen LogP) is 5.17. The van der Waals surface area contributed by atoms with Crippen LogP contribution in [0.2, 0.25) is 0 Å². The van der Waals surface area contributed by atoms with Gasteiger partial charge in [-0.05, 0) is 30.9 Å². The molecule has 0 bridgehead atoms. The van der Waals surface area contributed by atoms with Crippen LogP contribution in [0.3, 0.4) is 0 Å². The van der Waals surface area contributed by atoms with Crippen LogP contribution < -0.4 is 4.74 Å². The van der Waals surface area contributed by atoms with Crippen molar-refractivity contribution in [1.29, 1.82) is 0 Å². The highest BCUT2D eigenvalue weighted by Gasteiger charge is 2.56. The third-order valence-corrected chi connectivity index (χ3v) is 6.05. The molecule has 0 saturated carbocycles. The van der Waals surface area contributed by atoms with Crippen LogP contribution in [0, 0.1) is 12.3 Å². The van der Waals surface area contributed by atoms with E-state index < -0.39 is 29.8 Å². The van der Waals surface area contributed by atoms with E-state index in [-0.39, 0.29) is 26.2 Å². The molecular weight excluding hydrogens is 453 g/mol. The molecule has 1 N–H and O–H groups in total. The van der Waals surface area contributed by atoms with E-state index in [4.69, 9.17) is 4.74 Å². The molecule has 0 aliphatic carbocycles. The number of carbonyl (C=O) groups is 1. The van der Waals surface area contributed by atoms with E-state index in [9.17, 15) is 23.1 Å². The molecule has 164 valence electrons. The van der Waals surface area contributed by atoms with Gasteiger partial charge in [0, 0.05) is 29.7 Å². The van der Waals surface area contributed by atoms with Gasteiger partial charge in [-0.1, -0.05) is 42.8 Å². The van der Waals surface area contributed by atoms with Crippen molar-refractivity contribution in [3.05, 3.63) is 28.2 Å². The molecule has 2 rings (SSSR count). The Labute approximate surface area is 177 Å². The van der Waals surface area contributed by atoms with Crippen LogP contribution in [0.5, 0.6) is 5.75 Å². The summed E-state index contributed by atoms with van der Waals surface area (Å²) in [5.74, 6) is 0.690. The number of hydrogen-bond acceptors (Lipinski definition) is 3. The summed E-state index contributed by atoms with van der Waals surface area (Å²) in [7, 11) is 0. The molecule has 1 saturated heterocycles. The van der Waals surface area contributed by atoms with Gasteiger partial charge in [0.2, 0.25) is 0 Å². The van der Waals surface area contributed by atoms with Crippen molar-refractivity contribution in [2.45, 2.75) is 52.4 Å². The second-order valence-corrected chi connectivity index (χ2v) is 9.23. The zero-order valence-electron chi connectivity index (χ0n) is 17.1. The monoisotopic (exact) mass is 480 g/mol. The number of benzene rings is 1. The van der Waals surface area contributed by atoms with E-state index in [1.807, 2.05) is 25.1 Å². The van der Waals surface area contributed by atoms with Gasteiger partial charge in [0.05, 0.1) is 12.6 Å². The maximum atomic E-state index is 14.0. The first kappa shape index (κ1) is 23.8. The van der Waals surface area contributed by atoms with E-state index >= 15 is 0 Å². The van der Waals surface area contributed by atoms with Crippen LogP contribution in [0.1, 0.15) is 32.8 Å². The van der Waals surface area contributed by atoms with Crippen molar-refractivity contribution in [3.8, 4) is 5.75 Å². The lowest BCUT2D eigenvalue weighted by atomic mass is 9.79. The Bertz CT molecular complexity index is 722. The Kier molecular flexibility index (Phi) is 7.48. The molecule has 1 aliphatic heterocycles. The number of alkyl halides is 3. The summed E-state index contributed by atoms with van der Waals surface area (Å²) < 4.78 is 48.6. The Morgan fingerprint density at radius 2 is 1.90 bits per heavy atom. The van der Waals surface area contributed by atoms with Crippen molar-refractivity contribution in [1.82, 2.24) is 9.80 Å². The molecule has 1 heterocycles. The van der Waals surface area contributed by atoms with Gasteiger partial charge in [-0.2, -0.15) is 13.2 Å². The molecule has 2 atom stereocenters. The van der Waals surface area contributed by atoms with E-state index in [0.717, 1.165) is 14.9 Å². The van der Waals surface area contributed by atoms with Gasteiger partial charge in [0.1, 0.15) is 11.8 Å². The maximum Gasteiger partial charge on any atom is 0.407 e. The first-order valence-corrected chi connectivity index (χ1v) is 10.3. The molecule has 1 aromatic rings. The van der Waals surface area contributed by atoms with Crippen molar-refractivity contribution < 1.29 is 27.8 Å². The predicted molar refractivity (Wildman–Crippen MR) is 108 cm³/mol. The highest BCUT2D eigenvalue weighted by atomic mass is 79.9. The van der Waals surface area contributed by atoms with Crippen molar-refractivity contribution in [3.63, 3.8) is 0 Å². The summed E-state index contributed by atoms with van der Waals surface area (Å²) in [5, 5.41) is 9.45. The van der Waals surface area contributed by atoms with Crippen LogP contribution in [0.25, 0.3) is 0 Å². The lowest BCUT2D eigenvalue weighted by Crippen LogP contribution is -2.69. The summed E-state index contributed by atoms with van der Waals surface area (Å²) in [4.78, 5) is 13.9.